The zero-order valence-electron chi connectivity index (χ0n) is 11.5. The van der Waals surface area contributed by atoms with Gasteiger partial charge in [0.1, 0.15) is 17.6 Å². The molecule has 0 radical (unpaired) electrons. The maximum absolute atomic E-state index is 6.29. The van der Waals surface area contributed by atoms with Gasteiger partial charge in [0.2, 0.25) is 0 Å². The van der Waals surface area contributed by atoms with Gasteiger partial charge < -0.3 is 15.2 Å². The summed E-state index contributed by atoms with van der Waals surface area (Å²) in [6.07, 6.45) is 0.642. The van der Waals surface area contributed by atoms with E-state index in [9.17, 15) is 0 Å². The van der Waals surface area contributed by atoms with Crippen LogP contribution in [0.5, 0.6) is 11.5 Å². The normalized spacial score (nSPS) is 20.6. The summed E-state index contributed by atoms with van der Waals surface area (Å²) in [5.41, 5.74) is 8.34. The highest BCUT2D eigenvalue weighted by Gasteiger charge is 2.27. The Hall–Kier alpha value is -1.23. The lowest BCUT2D eigenvalue weighted by Gasteiger charge is -2.31. The van der Waals surface area contributed by atoms with Crippen LogP contribution in [0.25, 0.3) is 0 Å². The monoisotopic (exact) mass is 367 g/mol. The van der Waals surface area contributed by atoms with Gasteiger partial charge in [0.05, 0.1) is 12.1 Å². The zero-order chi connectivity index (χ0) is 15.0. The lowest BCUT2D eigenvalue weighted by Crippen LogP contribution is -2.24. The fraction of sp³-hybridized carbons (Fsp3) is 0.250. The van der Waals surface area contributed by atoms with Crippen molar-refractivity contribution < 1.29 is 9.47 Å². The van der Waals surface area contributed by atoms with Crippen LogP contribution in [0, 0.1) is 0 Å². The Labute approximate surface area is 137 Å². The molecule has 0 spiro atoms. The highest BCUT2D eigenvalue weighted by Crippen LogP contribution is 2.42. The molecule has 0 bridgehead atoms. The topological polar surface area (TPSA) is 44.5 Å². The third-order valence-electron chi connectivity index (χ3n) is 3.67. The van der Waals surface area contributed by atoms with E-state index in [1.54, 1.807) is 7.11 Å². The molecule has 0 aliphatic carbocycles. The number of methoxy groups -OCH3 is 1. The molecule has 1 unspecified atom stereocenters. The minimum Gasteiger partial charge on any atom is -0.497 e. The van der Waals surface area contributed by atoms with Crippen molar-refractivity contribution in [3.8, 4) is 11.5 Å². The molecule has 0 saturated heterocycles. The van der Waals surface area contributed by atoms with Crippen molar-refractivity contribution in [2.24, 2.45) is 5.73 Å². The molecule has 2 aromatic carbocycles. The first-order valence-corrected chi connectivity index (χ1v) is 7.80. The summed E-state index contributed by atoms with van der Waals surface area (Å²) in [6, 6.07) is 11.5. The van der Waals surface area contributed by atoms with Crippen molar-refractivity contribution in [3.05, 3.63) is 57.0 Å². The van der Waals surface area contributed by atoms with E-state index in [0.29, 0.717) is 11.4 Å². The lowest BCUT2D eigenvalue weighted by atomic mass is 9.93. The van der Waals surface area contributed by atoms with Gasteiger partial charge in [0.25, 0.3) is 0 Å². The number of nitrogens with two attached hydrogens (primary N) is 1. The van der Waals surface area contributed by atoms with Crippen LogP contribution in [-0.4, -0.2) is 7.11 Å². The second kappa shape index (κ2) is 5.87. The number of hydrogen-bond acceptors (Lipinski definition) is 3. The number of rotatable bonds is 2. The maximum atomic E-state index is 6.29. The van der Waals surface area contributed by atoms with Gasteiger partial charge in [0.15, 0.2) is 0 Å². The molecule has 0 aromatic heterocycles. The number of hydrogen-bond donors (Lipinski definition) is 1. The third-order valence-corrected chi connectivity index (χ3v) is 4.88. The Morgan fingerprint density at radius 2 is 2.10 bits per heavy atom. The summed E-state index contributed by atoms with van der Waals surface area (Å²) in [4.78, 5) is 0. The maximum Gasteiger partial charge on any atom is 0.126 e. The smallest absolute Gasteiger partial charge is 0.126 e. The molecule has 1 aliphatic rings. The Balaban J connectivity index is 1.92. The SMILES string of the molecule is COc1ccc2c(c1)[C@@H](N)CC(c1ccc(Cl)c(Br)c1)O2. The quantitative estimate of drug-likeness (QED) is 0.840. The van der Waals surface area contributed by atoms with Gasteiger partial charge in [-0.05, 0) is 51.8 Å². The van der Waals surface area contributed by atoms with E-state index in [2.05, 4.69) is 15.9 Å². The standard InChI is InChI=1S/C16H15BrClNO2/c1-20-10-3-5-15-11(7-10)14(19)8-16(21-15)9-2-4-13(18)12(17)6-9/h2-7,14,16H,8,19H2,1H3/t14-,16?/m0/s1. The van der Waals surface area contributed by atoms with Gasteiger partial charge in [-0.15, -0.1) is 0 Å². The Morgan fingerprint density at radius 1 is 1.29 bits per heavy atom. The van der Waals surface area contributed by atoms with Crippen molar-refractivity contribution in [1.82, 2.24) is 0 Å². The van der Waals surface area contributed by atoms with E-state index < -0.39 is 0 Å². The van der Waals surface area contributed by atoms with Crippen LogP contribution in [0.3, 0.4) is 0 Å². The second-order valence-corrected chi connectivity index (χ2v) is 6.29. The van der Waals surface area contributed by atoms with Crippen LogP contribution in [0.4, 0.5) is 0 Å². The highest BCUT2D eigenvalue weighted by atomic mass is 79.9. The summed E-state index contributed by atoms with van der Waals surface area (Å²) in [7, 11) is 1.64. The van der Waals surface area contributed by atoms with Crippen LogP contribution in [0.2, 0.25) is 5.02 Å². The second-order valence-electron chi connectivity index (χ2n) is 5.03. The first-order valence-electron chi connectivity index (χ1n) is 6.63. The first-order chi connectivity index (χ1) is 10.1. The van der Waals surface area contributed by atoms with Crippen molar-refractivity contribution >= 4 is 27.5 Å². The van der Waals surface area contributed by atoms with E-state index >= 15 is 0 Å². The van der Waals surface area contributed by atoms with Gasteiger partial charge in [-0.3, -0.25) is 0 Å². The largest absolute Gasteiger partial charge is 0.497 e. The summed E-state index contributed by atoms with van der Waals surface area (Å²) < 4.78 is 12.2. The van der Waals surface area contributed by atoms with Crippen molar-refractivity contribution in [1.29, 1.82) is 0 Å². The van der Waals surface area contributed by atoms with Gasteiger partial charge in [-0.25, -0.2) is 0 Å². The molecule has 3 rings (SSSR count). The average Bonchev–Trinajstić information content (AvgIpc) is 2.49. The molecule has 3 nitrogen and oxygen atoms in total. The Morgan fingerprint density at radius 3 is 2.81 bits per heavy atom. The summed E-state index contributed by atoms with van der Waals surface area (Å²) in [5, 5.41) is 0.684. The van der Waals surface area contributed by atoms with Crippen LogP contribution in [-0.2, 0) is 0 Å². The first kappa shape index (κ1) is 14.7. The number of benzene rings is 2. The zero-order valence-corrected chi connectivity index (χ0v) is 13.8. The molecule has 2 aromatic rings. The third kappa shape index (κ3) is 2.89. The minimum absolute atomic E-state index is 0.0746. The van der Waals surface area contributed by atoms with Crippen LogP contribution in [0.15, 0.2) is 40.9 Å². The molecule has 5 heteroatoms. The molecule has 2 atom stereocenters. The molecule has 0 saturated carbocycles. The lowest BCUT2D eigenvalue weighted by molar-refractivity contribution is 0.161. The fourth-order valence-corrected chi connectivity index (χ4v) is 3.04. The number of fused-ring (bicyclic) bond motifs is 1. The Bertz CT molecular complexity index is 677. The highest BCUT2D eigenvalue weighted by molar-refractivity contribution is 9.10. The minimum atomic E-state index is -0.0803. The van der Waals surface area contributed by atoms with E-state index in [1.165, 1.54) is 0 Å². The van der Waals surface area contributed by atoms with E-state index in [0.717, 1.165) is 27.1 Å². The van der Waals surface area contributed by atoms with Gasteiger partial charge >= 0.3 is 0 Å². The fourth-order valence-electron chi connectivity index (χ4n) is 2.53. The Kier molecular flexibility index (Phi) is 4.11. The molecular formula is C16H15BrClNO2. The number of halogens is 2. The van der Waals surface area contributed by atoms with E-state index in [4.69, 9.17) is 26.8 Å². The summed E-state index contributed by atoms with van der Waals surface area (Å²) >= 11 is 9.48. The molecule has 1 heterocycles. The molecule has 0 amide bonds. The van der Waals surface area contributed by atoms with Crippen molar-refractivity contribution in [3.63, 3.8) is 0 Å². The molecule has 0 fully saturated rings. The van der Waals surface area contributed by atoms with Crippen molar-refractivity contribution in [2.75, 3.05) is 7.11 Å². The predicted octanol–water partition coefficient (Wildman–Crippen LogP) is 4.63. The van der Waals surface area contributed by atoms with E-state index in [1.807, 2.05) is 36.4 Å². The molecule has 21 heavy (non-hydrogen) atoms. The summed E-state index contributed by atoms with van der Waals surface area (Å²) in [5.74, 6) is 1.60. The molecule has 110 valence electrons. The predicted molar refractivity (Wildman–Crippen MR) is 87.1 cm³/mol. The molecule has 2 N–H and O–H groups in total. The number of ether oxygens (including phenoxy) is 2. The van der Waals surface area contributed by atoms with Gasteiger partial charge in [0, 0.05) is 22.5 Å². The van der Waals surface area contributed by atoms with Crippen LogP contribution in [0.1, 0.15) is 29.7 Å². The molecule has 1 aliphatic heterocycles. The van der Waals surface area contributed by atoms with Crippen LogP contribution >= 0.6 is 27.5 Å². The van der Waals surface area contributed by atoms with Crippen LogP contribution < -0.4 is 15.2 Å². The van der Waals surface area contributed by atoms with Crippen molar-refractivity contribution in [2.45, 2.75) is 18.6 Å². The van der Waals surface area contributed by atoms with Gasteiger partial charge in [-0.1, -0.05) is 17.7 Å². The molecular weight excluding hydrogens is 354 g/mol. The average molecular weight is 369 g/mol. The summed E-state index contributed by atoms with van der Waals surface area (Å²) in [6.45, 7) is 0. The van der Waals surface area contributed by atoms with E-state index in [-0.39, 0.29) is 12.1 Å². The van der Waals surface area contributed by atoms with Gasteiger partial charge in [-0.2, -0.15) is 0 Å².